The highest BCUT2D eigenvalue weighted by atomic mass is 16.2. The maximum absolute atomic E-state index is 13.4. The van der Waals surface area contributed by atoms with Crippen molar-refractivity contribution in [3.05, 3.63) is 95.6 Å². The van der Waals surface area contributed by atoms with Crippen molar-refractivity contribution < 1.29 is 4.79 Å². The predicted molar refractivity (Wildman–Crippen MR) is 112 cm³/mol. The SMILES string of the molecule is Cc1ccc(C2N(Nc3ccccc3)C(=O)C3CCc4ccccc4N32)cc1. The molecule has 1 amide bonds. The molecule has 3 aromatic carbocycles. The molecule has 2 heterocycles. The van der Waals surface area contributed by atoms with E-state index in [-0.39, 0.29) is 18.1 Å². The topological polar surface area (TPSA) is 35.6 Å². The number of hydrogen-bond acceptors (Lipinski definition) is 3. The molecular formula is C24H23N3O. The van der Waals surface area contributed by atoms with Crippen LogP contribution >= 0.6 is 0 Å². The van der Waals surface area contributed by atoms with Crippen LogP contribution in [0.25, 0.3) is 0 Å². The van der Waals surface area contributed by atoms with Gasteiger partial charge in [0, 0.05) is 5.69 Å². The van der Waals surface area contributed by atoms with Crippen LogP contribution in [-0.2, 0) is 11.2 Å². The maximum Gasteiger partial charge on any atom is 0.265 e. The van der Waals surface area contributed by atoms with Gasteiger partial charge in [-0.2, -0.15) is 0 Å². The van der Waals surface area contributed by atoms with Crippen LogP contribution in [0.1, 0.15) is 29.3 Å². The molecular weight excluding hydrogens is 346 g/mol. The maximum atomic E-state index is 13.4. The van der Waals surface area contributed by atoms with Crippen LogP contribution in [0.15, 0.2) is 78.9 Å². The Morgan fingerprint density at radius 2 is 1.61 bits per heavy atom. The van der Waals surface area contributed by atoms with Crippen molar-refractivity contribution >= 4 is 17.3 Å². The standard InChI is InChI=1S/C24H23N3O/c1-17-11-13-19(14-12-17)23-26-21-10-6-5-7-18(21)15-16-22(26)24(28)27(23)25-20-8-3-2-4-9-20/h2-14,22-23,25H,15-16H2,1H3. The summed E-state index contributed by atoms with van der Waals surface area (Å²) in [6.45, 7) is 2.09. The Morgan fingerprint density at radius 1 is 0.893 bits per heavy atom. The first kappa shape index (κ1) is 16.9. The van der Waals surface area contributed by atoms with Gasteiger partial charge in [0.25, 0.3) is 5.91 Å². The minimum atomic E-state index is -0.181. The van der Waals surface area contributed by atoms with Crippen LogP contribution in [0.4, 0.5) is 11.4 Å². The van der Waals surface area contributed by atoms with Gasteiger partial charge in [-0.05, 0) is 49.1 Å². The minimum Gasteiger partial charge on any atom is -0.333 e. The number of carbonyl (C=O) groups excluding carboxylic acids is 1. The molecule has 2 unspecified atom stereocenters. The van der Waals surface area contributed by atoms with E-state index < -0.39 is 0 Å². The predicted octanol–water partition coefficient (Wildman–Crippen LogP) is 4.68. The average Bonchev–Trinajstić information content (AvgIpc) is 3.02. The monoisotopic (exact) mass is 369 g/mol. The summed E-state index contributed by atoms with van der Waals surface area (Å²) in [5.41, 5.74) is 9.10. The third-order valence-corrected chi connectivity index (χ3v) is 5.72. The molecule has 1 N–H and O–H groups in total. The minimum absolute atomic E-state index is 0.129. The molecule has 2 aliphatic rings. The van der Waals surface area contributed by atoms with Crippen molar-refractivity contribution in [3.8, 4) is 0 Å². The van der Waals surface area contributed by atoms with E-state index in [1.54, 1.807) is 0 Å². The van der Waals surface area contributed by atoms with Gasteiger partial charge in [-0.15, -0.1) is 0 Å². The highest BCUT2D eigenvalue weighted by Crippen LogP contribution is 2.44. The van der Waals surface area contributed by atoms with Gasteiger partial charge in [-0.1, -0.05) is 66.2 Å². The van der Waals surface area contributed by atoms with E-state index in [4.69, 9.17) is 0 Å². The van der Waals surface area contributed by atoms with Gasteiger partial charge >= 0.3 is 0 Å². The molecule has 2 atom stereocenters. The Kier molecular flexibility index (Phi) is 4.05. The molecule has 2 aliphatic heterocycles. The summed E-state index contributed by atoms with van der Waals surface area (Å²) >= 11 is 0. The Balaban J connectivity index is 1.62. The summed E-state index contributed by atoms with van der Waals surface area (Å²) in [5.74, 6) is 0.129. The molecule has 0 aromatic heterocycles. The normalized spacial score (nSPS) is 20.7. The van der Waals surface area contributed by atoms with Crippen LogP contribution in [0.5, 0.6) is 0 Å². The smallest absolute Gasteiger partial charge is 0.265 e. The van der Waals surface area contributed by atoms with Crippen molar-refractivity contribution in [1.82, 2.24) is 5.01 Å². The summed E-state index contributed by atoms with van der Waals surface area (Å²) in [6.07, 6.45) is 1.59. The first-order valence-corrected chi connectivity index (χ1v) is 9.80. The molecule has 5 rings (SSSR count). The summed E-state index contributed by atoms with van der Waals surface area (Å²) in [5, 5.41) is 1.81. The number of para-hydroxylation sites is 2. The van der Waals surface area contributed by atoms with Gasteiger partial charge in [0.1, 0.15) is 6.04 Å². The number of fused-ring (bicyclic) bond motifs is 3. The summed E-state index contributed by atoms with van der Waals surface area (Å²) in [4.78, 5) is 15.7. The van der Waals surface area contributed by atoms with Crippen molar-refractivity contribution in [2.24, 2.45) is 0 Å². The Morgan fingerprint density at radius 3 is 2.39 bits per heavy atom. The van der Waals surface area contributed by atoms with Crippen LogP contribution in [0.2, 0.25) is 0 Å². The number of carbonyl (C=O) groups is 1. The number of rotatable bonds is 3. The number of amides is 1. The number of nitrogens with one attached hydrogen (secondary N) is 1. The molecule has 0 radical (unpaired) electrons. The van der Waals surface area contributed by atoms with E-state index in [1.807, 2.05) is 35.3 Å². The number of aryl methyl sites for hydroxylation is 2. The fourth-order valence-electron chi connectivity index (χ4n) is 4.34. The zero-order chi connectivity index (χ0) is 19.1. The molecule has 4 heteroatoms. The van der Waals surface area contributed by atoms with Gasteiger partial charge in [0.05, 0.1) is 5.69 Å². The Hall–Kier alpha value is -3.27. The zero-order valence-electron chi connectivity index (χ0n) is 15.9. The second-order valence-electron chi connectivity index (χ2n) is 7.56. The van der Waals surface area contributed by atoms with E-state index in [2.05, 4.69) is 65.8 Å². The van der Waals surface area contributed by atoms with Gasteiger partial charge in [0.2, 0.25) is 0 Å². The lowest BCUT2D eigenvalue weighted by molar-refractivity contribution is -0.128. The molecule has 0 bridgehead atoms. The number of nitrogens with zero attached hydrogens (tertiary/aromatic N) is 2. The highest BCUT2D eigenvalue weighted by Gasteiger charge is 2.49. The van der Waals surface area contributed by atoms with Crippen molar-refractivity contribution in [2.45, 2.75) is 32.0 Å². The van der Waals surface area contributed by atoms with Gasteiger partial charge in [-0.3, -0.25) is 10.2 Å². The average molecular weight is 369 g/mol. The molecule has 0 aliphatic carbocycles. The third kappa shape index (κ3) is 2.73. The van der Waals surface area contributed by atoms with Crippen molar-refractivity contribution in [1.29, 1.82) is 0 Å². The Bertz CT molecular complexity index is 1000. The number of hydrazine groups is 1. The summed E-state index contributed by atoms with van der Waals surface area (Å²) in [7, 11) is 0. The van der Waals surface area contributed by atoms with Gasteiger partial charge in [0.15, 0.2) is 6.17 Å². The lowest BCUT2D eigenvalue weighted by atomic mass is 9.95. The molecule has 1 saturated heterocycles. The molecule has 1 fully saturated rings. The lowest BCUT2D eigenvalue weighted by Crippen LogP contribution is -2.38. The van der Waals surface area contributed by atoms with Crippen LogP contribution < -0.4 is 10.3 Å². The van der Waals surface area contributed by atoms with Crippen molar-refractivity contribution in [2.75, 3.05) is 10.3 Å². The van der Waals surface area contributed by atoms with E-state index in [1.165, 1.54) is 11.1 Å². The lowest BCUT2D eigenvalue weighted by Gasteiger charge is -2.37. The summed E-state index contributed by atoms with van der Waals surface area (Å²) in [6, 6.07) is 26.7. The largest absolute Gasteiger partial charge is 0.333 e. The summed E-state index contributed by atoms with van der Waals surface area (Å²) < 4.78 is 0. The number of anilines is 2. The second-order valence-corrected chi connectivity index (χ2v) is 7.56. The number of benzene rings is 3. The second kappa shape index (κ2) is 6.71. The van der Waals surface area contributed by atoms with Gasteiger partial charge < -0.3 is 4.90 Å². The van der Waals surface area contributed by atoms with E-state index in [9.17, 15) is 4.79 Å². The van der Waals surface area contributed by atoms with Crippen LogP contribution in [0.3, 0.4) is 0 Å². The van der Waals surface area contributed by atoms with Crippen LogP contribution in [-0.4, -0.2) is 17.0 Å². The fourth-order valence-corrected chi connectivity index (χ4v) is 4.34. The molecule has 4 nitrogen and oxygen atoms in total. The molecule has 140 valence electrons. The first-order chi connectivity index (χ1) is 13.7. The third-order valence-electron chi connectivity index (χ3n) is 5.72. The van der Waals surface area contributed by atoms with Crippen LogP contribution in [0, 0.1) is 6.92 Å². The quantitative estimate of drug-likeness (QED) is 0.728. The zero-order valence-corrected chi connectivity index (χ0v) is 15.9. The molecule has 3 aromatic rings. The van der Waals surface area contributed by atoms with E-state index in [0.717, 1.165) is 29.8 Å². The molecule has 28 heavy (non-hydrogen) atoms. The van der Waals surface area contributed by atoms with Gasteiger partial charge in [-0.25, -0.2) is 5.01 Å². The first-order valence-electron chi connectivity index (χ1n) is 9.80. The Labute approximate surface area is 165 Å². The highest BCUT2D eigenvalue weighted by molar-refractivity contribution is 5.92. The van der Waals surface area contributed by atoms with Crippen molar-refractivity contribution in [3.63, 3.8) is 0 Å². The van der Waals surface area contributed by atoms with E-state index >= 15 is 0 Å². The van der Waals surface area contributed by atoms with E-state index in [0.29, 0.717) is 0 Å². The fraction of sp³-hybridized carbons (Fsp3) is 0.208. The number of hydrogen-bond donors (Lipinski definition) is 1. The molecule has 0 spiro atoms. The molecule has 0 saturated carbocycles.